The standard InChI is InChI=1S/C14H20FNO4/c1-14(2,13(17)18)7-10(16)8-5-11(19-3)12(20-4)6-9(8)15/h5-6,10H,7,16H2,1-4H3,(H,17,18). The Morgan fingerprint density at radius 2 is 1.85 bits per heavy atom. The van der Waals surface area contributed by atoms with E-state index in [9.17, 15) is 9.18 Å². The molecular weight excluding hydrogens is 265 g/mol. The summed E-state index contributed by atoms with van der Waals surface area (Å²) in [6.45, 7) is 3.10. The van der Waals surface area contributed by atoms with Crippen LogP contribution in [-0.2, 0) is 4.79 Å². The highest BCUT2D eigenvalue weighted by molar-refractivity contribution is 5.73. The molecule has 0 radical (unpaired) electrons. The van der Waals surface area contributed by atoms with Gasteiger partial charge in [-0.25, -0.2) is 4.39 Å². The van der Waals surface area contributed by atoms with Crippen molar-refractivity contribution >= 4 is 5.97 Å². The number of aliphatic carboxylic acids is 1. The summed E-state index contributed by atoms with van der Waals surface area (Å²) in [6, 6.07) is 1.87. The average molecular weight is 285 g/mol. The van der Waals surface area contributed by atoms with Crippen LogP contribution in [0, 0.1) is 11.2 Å². The molecule has 0 aliphatic rings. The molecule has 0 fully saturated rings. The summed E-state index contributed by atoms with van der Waals surface area (Å²) < 4.78 is 24.1. The van der Waals surface area contributed by atoms with Crippen molar-refractivity contribution in [3.8, 4) is 11.5 Å². The number of benzene rings is 1. The number of ether oxygens (including phenoxy) is 2. The van der Waals surface area contributed by atoms with Gasteiger partial charge in [-0.15, -0.1) is 0 Å². The summed E-state index contributed by atoms with van der Waals surface area (Å²) in [4.78, 5) is 11.1. The summed E-state index contributed by atoms with van der Waals surface area (Å²) in [7, 11) is 2.84. The highest BCUT2D eigenvalue weighted by Crippen LogP contribution is 2.35. The van der Waals surface area contributed by atoms with Crippen molar-refractivity contribution in [3.05, 3.63) is 23.5 Å². The van der Waals surface area contributed by atoms with Gasteiger partial charge in [0.05, 0.1) is 19.6 Å². The number of carbonyl (C=O) groups is 1. The molecule has 112 valence electrons. The number of methoxy groups -OCH3 is 2. The number of rotatable bonds is 6. The van der Waals surface area contributed by atoms with E-state index in [2.05, 4.69) is 0 Å². The Bertz CT molecular complexity index is 502. The van der Waals surface area contributed by atoms with Crippen LogP contribution >= 0.6 is 0 Å². The number of carboxylic acids is 1. The second-order valence-corrected chi connectivity index (χ2v) is 5.23. The fourth-order valence-electron chi connectivity index (χ4n) is 1.90. The van der Waals surface area contributed by atoms with Gasteiger partial charge in [0.25, 0.3) is 0 Å². The van der Waals surface area contributed by atoms with Gasteiger partial charge in [-0.3, -0.25) is 4.79 Å². The molecule has 1 rings (SSSR count). The molecule has 3 N–H and O–H groups in total. The van der Waals surface area contributed by atoms with Gasteiger partial charge in [0, 0.05) is 17.7 Å². The topological polar surface area (TPSA) is 81.8 Å². The Balaban J connectivity index is 3.10. The van der Waals surface area contributed by atoms with E-state index in [1.807, 2.05) is 0 Å². The van der Waals surface area contributed by atoms with E-state index < -0.39 is 23.2 Å². The fourth-order valence-corrected chi connectivity index (χ4v) is 1.90. The number of nitrogens with two attached hydrogens (primary N) is 1. The Kier molecular flexibility index (Phi) is 4.94. The van der Waals surface area contributed by atoms with E-state index in [1.165, 1.54) is 26.4 Å². The maximum atomic E-state index is 14.0. The van der Waals surface area contributed by atoms with Crippen LogP contribution in [0.5, 0.6) is 11.5 Å². The van der Waals surface area contributed by atoms with Crippen molar-refractivity contribution in [2.45, 2.75) is 26.3 Å². The highest BCUT2D eigenvalue weighted by Gasteiger charge is 2.31. The molecule has 0 spiro atoms. The van der Waals surface area contributed by atoms with Gasteiger partial charge in [0.15, 0.2) is 11.5 Å². The van der Waals surface area contributed by atoms with E-state index in [-0.39, 0.29) is 17.7 Å². The van der Waals surface area contributed by atoms with Crippen molar-refractivity contribution in [3.63, 3.8) is 0 Å². The lowest BCUT2D eigenvalue weighted by molar-refractivity contribution is -0.147. The van der Waals surface area contributed by atoms with E-state index in [1.54, 1.807) is 13.8 Å². The van der Waals surface area contributed by atoms with Crippen LogP contribution in [0.4, 0.5) is 4.39 Å². The lowest BCUT2D eigenvalue weighted by Gasteiger charge is -2.24. The zero-order valence-electron chi connectivity index (χ0n) is 12.1. The molecule has 0 aromatic heterocycles. The molecule has 5 nitrogen and oxygen atoms in total. The van der Waals surface area contributed by atoms with Crippen molar-refractivity contribution in [1.82, 2.24) is 0 Å². The molecule has 0 aliphatic carbocycles. The van der Waals surface area contributed by atoms with Gasteiger partial charge in [-0.05, 0) is 26.3 Å². The van der Waals surface area contributed by atoms with Crippen LogP contribution in [0.3, 0.4) is 0 Å². The third-order valence-corrected chi connectivity index (χ3v) is 3.21. The summed E-state index contributed by atoms with van der Waals surface area (Å²) in [6.07, 6.45) is 0.106. The Morgan fingerprint density at radius 1 is 1.35 bits per heavy atom. The molecule has 0 saturated heterocycles. The molecule has 1 aromatic rings. The van der Waals surface area contributed by atoms with E-state index >= 15 is 0 Å². The van der Waals surface area contributed by atoms with Crippen LogP contribution in [0.1, 0.15) is 31.9 Å². The van der Waals surface area contributed by atoms with Gasteiger partial charge >= 0.3 is 5.97 Å². The second kappa shape index (κ2) is 6.09. The molecule has 0 heterocycles. The van der Waals surface area contributed by atoms with Crippen molar-refractivity contribution in [1.29, 1.82) is 0 Å². The first-order valence-corrected chi connectivity index (χ1v) is 6.13. The molecule has 1 aromatic carbocycles. The summed E-state index contributed by atoms with van der Waals surface area (Å²) in [5.41, 5.74) is 5.10. The highest BCUT2D eigenvalue weighted by atomic mass is 19.1. The molecule has 1 unspecified atom stereocenters. The van der Waals surface area contributed by atoms with E-state index in [4.69, 9.17) is 20.3 Å². The zero-order chi connectivity index (χ0) is 15.5. The number of halogens is 1. The number of carboxylic acid groups (broad SMARTS) is 1. The monoisotopic (exact) mass is 285 g/mol. The van der Waals surface area contributed by atoms with Crippen LogP contribution in [-0.4, -0.2) is 25.3 Å². The molecule has 0 amide bonds. The molecule has 1 atom stereocenters. The molecule has 0 saturated carbocycles. The van der Waals surface area contributed by atoms with Crippen LogP contribution in [0.15, 0.2) is 12.1 Å². The van der Waals surface area contributed by atoms with Gasteiger partial charge in [0.2, 0.25) is 0 Å². The fraction of sp³-hybridized carbons (Fsp3) is 0.500. The zero-order valence-corrected chi connectivity index (χ0v) is 12.1. The lowest BCUT2D eigenvalue weighted by atomic mass is 9.84. The summed E-state index contributed by atoms with van der Waals surface area (Å²) >= 11 is 0. The smallest absolute Gasteiger partial charge is 0.309 e. The average Bonchev–Trinajstić information content (AvgIpc) is 2.37. The Hall–Kier alpha value is -1.82. The van der Waals surface area contributed by atoms with E-state index in [0.717, 1.165) is 0 Å². The molecule has 6 heteroatoms. The predicted molar refractivity (Wildman–Crippen MR) is 72.5 cm³/mol. The first kappa shape index (κ1) is 16.2. The summed E-state index contributed by atoms with van der Waals surface area (Å²) in [5.74, 6) is -0.906. The SMILES string of the molecule is COc1cc(F)c(C(N)CC(C)(C)C(=O)O)cc1OC. The number of hydrogen-bond donors (Lipinski definition) is 2. The third kappa shape index (κ3) is 3.39. The first-order valence-electron chi connectivity index (χ1n) is 6.13. The number of hydrogen-bond acceptors (Lipinski definition) is 4. The maximum Gasteiger partial charge on any atom is 0.309 e. The van der Waals surface area contributed by atoms with E-state index in [0.29, 0.717) is 5.75 Å². The van der Waals surface area contributed by atoms with Gasteiger partial charge < -0.3 is 20.3 Å². The Labute approximate surface area is 117 Å². The minimum absolute atomic E-state index is 0.106. The largest absolute Gasteiger partial charge is 0.493 e. The predicted octanol–water partition coefficient (Wildman–Crippen LogP) is 2.34. The van der Waals surface area contributed by atoms with Gasteiger partial charge in [-0.1, -0.05) is 0 Å². The van der Waals surface area contributed by atoms with Crippen molar-refractivity contribution < 1.29 is 23.8 Å². The minimum Gasteiger partial charge on any atom is -0.493 e. The van der Waals surface area contributed by atoms with Crippen LogP contribution in [0.25, 0.3) is 0 Å². The van der Waals surface area contributed by atoms with Gasteiger partial charge in [-0.2, -0.15) is 0 Å². The maximum absolute atomic E-state index is 14.0. The molecular formula is C14H20FNO4. The van der Waals surface area contributed by atoms with Crippen molar-refractivity contribution in [2.75, 3.05) is 14.2 Å². The molecule has 20 heavy (non-hydrogen) atoms. The Morgan fingerprint density at radius 3 is 2.30 bits per heavy atom. The summed E-state index contributed by atoms with van der Waals surface area (Å²) in [5, 5.41) is 9.10. The second-order valence-electron chi connectivity index (χ2n) is 5.23. The normalized spacial score (nSPS) is 12.9. The van der Waals surface area contributed by atoms with Gasteiger partial charge in [0.1, 0.15) is 5.82 Å². The lowest BCUT2D eigenvalue weighted by Crippen LogP contribution is -2.29. The molecule has 0 aliphatic heterocycles. The first-order chi connectivity index (χ1) is 9.22. The van der Waals surface area contributed by atoms with Crippen LogP contribution in [0.2, 0.25) is 0 Å². The third-order valence-electron chi connectivity index (χ3n) is 3.21. The van der Waals surface area contributed by atoms with Crippen molar-refractivity contribution in [2.24, 2.45) is 11.1 Å². The van der Waals surface area contributed by atoms with Crippen LogP contribution < -0.4 is 15.2 Å². The molecule has 0 bridgehead atoms. The quantitative estimate of drug-likeness (QED) is 0.838. The minimum atomic E-state index is -1.04.